The molecule has 3 rings (SSSR count). The molecule has 9 heteroatoms. The lowest BCUT2D eigenvalue weighted by Gasteiger charge is -2.23. The van der Waals surface area contributed by atoms with Gasteiger partial charge >= 0.3 is 0 Å². The third kappa shape index (κ3) is 4.73. The van der Waals surface area contributed by atoms with Crippen LogP contribution in [0.3, 0.4) is 0 Å². The Morgan fingerprint density at radius 2 is 2.16 bits per heavy atom. The first-order chi connectivity index (χ1) is 12.0. The molecule has 2 aromatic rings. The van der Waals surface area contributed by atoms with Gasteiger partial charge < -0.3 is 15.2 Å². The van der Waals surface area contributed by atoms with Crippen LogP contribution in [0.1, 0.15) is 13.8 Å². The van der Waals surface area contributed by atoms with Crippen molar-refractivity contribution in [2.45, 2.75) is 20.0 Å². The fraction of sp³-hybridized carbons (Fsp3) is 0.438. The first kappa shape index (κ1) is 19.3. The highest BCUT2D eigenvalue weighted by molar-refractivity contribution is 6.32. The summed E-state index contributed by atoms with van der Waals surface area (Å²) in [5.41, 5.74) is -0.200. The van der Waals surface area contributed by atoms with Crippen LogP contribution in [-0.2, 0) is 0 Å². The molecule has 1 fully saturated rings. The summed E-state index contributed by atoms with van der Waals surface area (Å²) in [6.07, 6.45) is 0.170. The van der Waals surface area contributed by atoms with E-state index in [0.29, 0.717) is 18.7 Å². The first-order valence-corrected chi connectivity index (χ1v) is 8.44. The van der Waals surface area contributed by atoms with Crippen molar-refractivity contribution >= 4 is 17.4 Å². The van der Waals surface area contributed by atoms with E-state index >= 15 is 0 Å². The summed E-state index contributed by atoms with van der Waals surface area (Å²) in [4.78, 5) is 23.9. The maximum Gasteiger partial charge on any atom is 0.272 e. The topological polar surface area (TPSA) is 73.9 Å². The lowest BCUT2D eigenvalue weighted by molar-refractivity contribution is 0.337. The average molecular weight is 372 g/mol. The van der Waals surface area contributed by atoms with Gasteiger partial charge in [0.1, 0.15) is 17.0 Å². The second kappa shape index (κ2) is 8.87. The molecule has 0 spiro atoms. The highest BCUT2D eigenvalue weighted by Gasteiger charge is 2.22. The van der Waals surface area contributed by atoms with E-state index < -0.39 is 17.7 Å². The van der Waals surface area contributed by atoms with Crippen LogP contribution in [0.4, 0.5) is 14.6 Å². The lowest BCUT2D eigenvalue weighted by atomic mass is 10.2. The smallest absolute Gasteiger partial charge is 0.272 e. The molecule has 1 unspecified atom stereocenters. The van der Waals surface area contributed by atoms with Crippen LogP contribution in [0, 0.1) is 5.95 Å². The average Bonchev–Trinajstić information content (AvgIpc) is 2.83. The van der Waals surface area contributed by atoms with E-state index in [9.17, 15) is 13.6 Å². The van der Waals surface area contributed by atoms with Crippen molar-refractivity contribution in [3.63, 3.8) is 0 Å². The van der Waals surface area contributed by atoms with E-state index in [0.717, 1.165) is 6.07 Å². The molecule has 0 saturated carbocycles. The van der Waals surface area contributed by atoms with Gasteiger partial charge in [0.25, 0.3) is 5.56 Å². The zero-order valence-electron chi connectivity index (χ0n) is 14.0. The highest BCUT2D eigenvalue weighted by Crippen LogP contribution is 2.24. The second-order valence-corrected chi connectivity index (χ2v) is 5.54. The molecule has 136 valence electrons. The van der Waals surface area contributed by atoms with Gasteiger partial charge in [-0.05, 0) is 6.07 Å². The Hall–Kier alpha value is -2.06. The van der Waals surface area contributed by atoms with Gasteiger partial charge in [-0.15, -0.1) is 0 Å². The van der Waals surface area contributed by atoms with Crippen molar-refractivity contribution < 1.29 is 8.78 Å². The maximum absolute atomic E-state index is 13.8. The van der Waals surface area contributed by atoms with Crippen LogP contribution in [-0.4, -0.2) is 47.3 Å². The van der Waals surface area contributed by atoms with Crippen molar-refractivity contribution in [3.05, 3.63) is 39.7 Å². The van der Waals surface area contributed by atoms with Gasteiger partial charge in [0.2, 0.25) is 5.95 Å². The van der Waals surface area contributed by atoms with Crippen molar-refractivity contribution in [1.82, 2.24) is 20.3 Å². The van der Waals surface area contributed by atoms with Crippen molar-refractivity contribution in [3.8, 4) is 11.4 Å². The van der Waals surface area contributed by atoms with Gasteiger partial charge in [0.15, 0.2) is 5.82 Å². The number of alkyl halides is 1. The van der Waals surface area contributed by atoms with Crippen LogP contribution < -0.4 is 15.8 Å². The zero-order valence-corrected chi connectivity index (χ0v) is 14.8. The van der Waals surface area contributed by atoms with Gasteiger partial charge in [-0.2, -0.15) is 4.39 Å². The maximum atomic E-state index is 13.8. The van der Waals surface area contributed by atoms with Gasteiger partial charge in [0, 0.05) is 37.5 Å². The third-order valence-corrected chi connectivity index (χ3v) is 3.83. The Morgan fingerprint density at radius 1 is 1.40 bits per heavy atom. The van der Waals surface area contributed by atoms with E-state index in [2.05, 4.69) is 20.3 Å². The molecule has 6 nitrogen and oxygen atoms in total. The molecule has 1 aliphatic heterocycles. The largest absolute Gasteiger partial charge is 0.351 e. The van der Waals surface area contributed by atoms with E-state index in [1.165, 1.54) is 12.3 Å². The molecule has 3 heterocycles. The Labute approximate surface area is 149 Å². The van der Waals surface area contributed by atoms with E-state index in [1.807, 2.05) is 13.8 Å². The van der Waals surface area contributed by atoms with E-state index in [-0.39, 0.29) is 29.8 Å². The summed E-state index contributed by atoms with van der Waals surface area (Å²) in [5.74, 6) is -0.346. The van der Waals surface area contributed by atoms with Crippen LogP contribution in [0.25, 0.3) is 11.4 Å². The van der Waals surface area contributed by atoms with Gasteiger partial charge in [0.05, 0.1) is 6.54 Å². The Kier molecular flexibility index (Phi) is 6.83. The quantitative estimate of drug-likeness (QED) is 0.793. The van der Waals surface area contributed by atoms with Crippen LogP contribution >= 0.6 is 11.6 Å². The van der Waals surface area contributed by atoms with Crippen molar-refractivity contribution in [2.75, 3.05) is 31.1 Å². The molecule has 0 bridgehead atoms. The minimum atomic E-state index is -1.10. The number of anilines is 1. The number of H-pyrrole nitrogens is 1. The van der Waals surface area contributed by atoms with E-state index in [1.54, 1.807) is 4.90 Å². The van der Waals surface area contributed by atoms with Gasteiger partial charge in [-0.3, -0.25) is 4.79 Å². The monoisotopic (exact) mass is 371 g/mol. The minimum absolute atomic E-state index is 0.0767. The van der Waals surface area contributed by atoms with Crippen LogP contribution in [0.5, 0.6) is 0 Å². The summed E-state index contributed by atoms with van der Waals surface area (Å²) in [6, 6.07) is 2.67. The molecule has 1 atom stereocenters. The predicted molar refractivity (Wildman–Crippen MR) is 94.4 cm³/mol. The fourth-order valence-corrected chi connectivity index (χ4v) is 2.61. The zero-order chi connectivity index (χ0) is 18.4. The molecule has 2 N–H and O–H groups in total. The normalized spacial score (nSPS) is 17.5. The molecular weight excluding hydrogens is 352 g/mol. The molecule has 0 radical (unpaired) electrons. The number of hydrogen-bond acceptors (Lipinski definition) is 5. The number of aromatic nitrogens is 3. The summed E-state index contributed by atoms with van der Waals surface area (Å²) in [5, 5.41) is 2.84. The van der Waals surface area contributed by atoms with Crippen molar-refractivity contribution in [2.24, 2.45) is 0 Å². The predicted octanol–water partition coefficient (Wildman–Crippen LogP) is 2.40. The van der Waals surface area contributed by atoms with Gasteiger partial charge in [-0.1, -0.05) is 25.4 Å². The number of hydrogen-bond donors (Lipinski definition) is 2. The van der Waals surface area contributed by atoms with Gasteiger partial charge in [-0.25, -0.2) is 14.4 Å². The SMILES string of the molecule is CC.O=c1[nH]c(-c2ccnc(F)c2)nc(N2CCNCC(F)C2)c1Cl. The van der Waals surface area contributed by atoms with Crippen LogP contribution in [0.15, 0.2) is 23.1 Å². The fourth-order valence-electron chi connectivity index (χ4n) is 2.40. The Morgan fingerprint density at radius 3 is 2.88 bits per heavy atom. The molecule has 1 saturated heterocycles. The van der Waals surface area contributed by atoms with Crippen LogP contribution in [0.2, 0.25) is 5.02 Å². The third-order valence-electron chi connectivity index (χ3n) is 3.49. The first-order valence-electron chi connectivity index (χ1n) is 8.06. The molecule has 1 aliphatic rings. The molecule has 25 heavy (non-hydrogen) atoms. The number of pyridine rings is 1. The number of nitrogens with zero attached hydrogens (tertiary/aromatic N) is 3. The summed E-state index contributed by atoms with van der Waals surface area (Å²) >= 11 is 6.04. The molecule has 0 aliphatic carbocycles. The summed E-state index contributed by atoms with van der Waals surface area (Å²) in [6.45, 7) is 5.32. The molecule has 2 aromatic heterocycles. The minimum Gasteiger partial charge on any atom is -0.351 e. The number of rotatable bonds is 2. The summed E-state index contributed by atoms with van der Waals surface area (Å²) < 4.78 is 27.0. The number of halogens is 3. The second-order valence-electron chi connectivity index (χ2n) is 5.17. The lowest BCUT2D eigenvalue weighted by Crippen LogP contribution is -2.33. The molecular formula is C16H20ClF2N5O. The molecule has 0 amide bonds. The summed E-state index contributed by atoms with van der Waals surface area (Å²) in [7, 11) is 0. The Bertz CT molecular complexity index is 770. The number of aromatic amines is 1. The Balaban J connectivity index is 0.00000109. The molecule has 0 aromatic carbocycles. The highest BCUT2D eigenvalue weighted by atomic mass is 35.5. The van der Waals surface area contributed by atoms with E-state index in [4.69, 9.17) is 11.6 Å². The number of nitrogens with one attached hydrogen (secondary N) is 2. The standard InChI is InChI=1S/C14H14ClF2N5O.C2H6/c15-11-13(22-4-3-18-6-9(16)7-22)20-12(21-14(11)23)8-1-2-19-10(17)5-8;1-2/h1-2,5,9,18H,3-4,6-7H2,(H,20,21,23);1-2H3. The van der Waals surface area contributed by atoms with Crippen molar-refractivity contribution in [1.29, 1.82) is 0 Å².